The number of anilines is 1. The van der Waals surface area contributed by atoms with Gasteiger partial charge in [0.05, 0.1) is 31.7 Å². The van der Waals surface area contributed by atoms with Crippen molar-refractivity contribution < 1.29 is 19.0 Å². The molecule has 1 N–H and O–H groups in total. The monoisotopic (exact) mass is 399 g/mol. The van der Waals surface area contributed by atoms with Crippen LogP contribution in [0.1, 0.15) is 34.6 Å². The lowest BCUT2D eigenvalue weighted by molar-refractivity contribution is -0.114. The number of carbonyl (C=O) groups is 1. The van der Waals surface area contributed by atoms with Crippen molar-refractivity contribution in [2.45, 2.75) is 59.7 Å². The van der Waals surface area contributed by atoms with Crippen LogP contribution in [0, 0.1) is 0 Å². The number of amides is 1. The largest absolute Gasteiger partial charge is 0.376 e. The summed E-state index contributed by atoms with van der Waals surface area (Å²) in [6.45, 7) is 10.2. The molecule has 0 atom stereocenters. The predicted molar refractivity (Wildman–Crippen MR) is 102 cm³/mol. The third kappa shape index (κ3) is 6.69. The molecule has 2 heterocycles. The van der Waals surface area contributed by atoms with E-state index >= 15 is 0 Å². The van der Waals surface area contributed by atoms with Crippen molar-refractivity contribution in [3.63, 3.8) is 0 Å². The van der Waals surface area contributed by atoms with Crippen molar-refractivity contribution in [3.8, 4) is 0 Å². The zero-order chi connectivity index (χ0) is 20.0. The number of nitrogens with zero attached hydrogens (tertiary/aromatic N) is 4. The molecular weight excluding hydrogens is 374 g/mol. The summed E-state index contributed by atoms with van der Waals surface area (Å²) in [5.41, 5.74) is 0.898. The molecule has 150 valence electrons. The number of fused-ring (bicyclic) bond motifs is 1. The van der Waals surface area contributed by atoms with Crippen LogP contribution < -0.4 is 5.32 Å². The van der Waals surface area contributed by atoms with Crippen molar-refractivity contribution >= 4 is 34.6 Å². The van der Waals surface area contributed by atoms with Gasteiger partial charge in [-0.1, -0.05) is 11.6 Å². The molecule has 0 aliphatic carbocycles. The van der Waals surface area contributed by atoms with Gasteiger partial charge in [0.1, 0.15) is 18.4 Å². The SMILES string of the molecule is CC(=O)Nc1nc(Cl)c2ncn(COC(COC(C)C)COC(C)C)c2n1. The van der Waals surface area contributed by atoms with Gasteiger partial charge in [-0.2, -0.15) is 9.97 Å². The minimum absolute atomic E-state index is 0.0935. The molecule has 0 aliphatic rings. The minimum Gasteiger partial charge on any atom is -0.376 e. The summed E-state index contributed by atoms with van der Waals surface area (Å²) in [4.78, 5) is 23.8. The van der Waals surface area contributed by atoms with Gasteiger partial charge in [0.2, 0.25) is 11.9 Å². The highest BCUT2D eigenvalue weighted by atomic mass is 35.5. The summed E-state index contributed by atoms with van der Waals surface area (Å²) in [5, 5.41) is 2.68. The van der Waals surface area contributed by atoms with Gasteiger partial charge in [0.15, 0.2) is 10.8 Å². The summed E-state index contributed by atoms with van der Waals surface area (Å²) >= 11 is 6.13. The molecule has 2 aromatic rings. The standard InChI is InChI=1S/C17H26ClN5O4/c1-10(2)25-6-13(7-26-11(3)4)27-9-23-8-19-14-15(18)21-17(20-12(5)24)22-16(14)23/h8,10-11,13H,6-7,9H2,1-5H3,(H,20,21,22,24). The third-order valence-corrected chi connectivity index (χ3v) is 3.65. The average Bonchev–Trinajstić information content (AvgIpc) is 2.96. The molecule has 0 fully saturated rings. The van der Waals surface area contributed by atoms with E-state index in [1.165, 1.54) is 6.92 Å². The van der Waals surface area contributed by atoms with Gasteiger partial charge in [0.25, 0.3) is 0 Å². The maximum atomic E-state index is 11.2. The summed E-state index contributed by atoms with van der Waals surface area (Å²) in [6, 6.07) is 0. The fraction of sp³-hybridized carbons (Fsp3) is 0.647. The summed E-state index contributed by atoms with van der Waals surface area (Å²) in [6.07, 6.45) is 1.50. The molecule has 0 radical (unpaired) electrons. The predicted octanol–water partition coefficient (Wildman–Crippen LogP) is 2.63. The quantitative estimate of drug-likeness (QED) is 0.613. The Balaban J connectivity index is 2.12. The Kier molecular flexibility index (Phi) is 7.91. The normalized spacial score (nSPS) is 11.9. The second-order valence-corrected chi connectivity index (χ2v) is 6.95. The molecule has 0 spiro atoms. The molecule has 0 bridgehead atoms. The van der Waals surface area contributed by atoms with E-state index in [0.717, 1.165) is 0 Å². The van der Waals surface area contributed by atoms with E-state index in [0.29, 0.717) is 24.4 Å². The first kappa shape index (κ1) is 21.5. The van der Waals surface area contributed by atoms with Crippen LogP contribution in [-0.2, 0) is 25.7 Å². The molecule has 2 rings (SSSR count). The number of halogens is 1. The molecule has 0 aliphatic heterocycles. The number of aromatic nitrogens is 4. The molecule has 1 amide bonds. The fourth-order valence-corrected chi connectivity index (χ4v) is 2.36. The number of nitrogens with one attached hydrogen (secondary N) is 1. The van der Waals surface area contributed by atoms with Gasteiger partial charge < -0.3 is 14.2 Å². The third-order valence-electron chi connectivity index (χ3n) is 3.39. The molecule has 2 aromatic heterocycles. The highest BCUT2D eigenvalue weighted by Crippen LogP contribution is 2.21. The molecular formula is C17H26ClN5O4. The van der Waals surface area contributed by atoms with Crippen molar-refractivity contribution in [3.05, 3.63) is 11.5 Å². The second-order valence-electron chi connectivity index (χ2n) is 6.59. The number of rotatable bonds is 10. The van der Waals surface area contributed by atoms with Crippen molar-refractivity contribution in [1.82, 2.24) is 19.5 Å². The highest BCUT2D eigenvalue weighted by Gasteiger charge is 2.16. The van der Waals surface area contributed by atoms with Crippen molar-refractivity contribution in [1.29, 1.82) is 0 Å². The molecule has 0 saturated heterocycles. The molecule has 0 aromatic carbocycles. The van der Waals surface area contributed by atoms with Gasteiger partial charge >= 0.3 is 0 Å². The van der Waals surface area contributed by atoms with E-state index in [1.54, 1.807) is 10.9 Å². The first-order valence-corrected chi connectivity index (χ1v) is 9.14. The van der Waals surface area contributed by atoms with Crippen LogP contribution >= 0.6 is 11.6 Å². The topological polar surface area (TPSA) is 100 Å². The molecule has 27 heavy (non-hydrogen) atoms. The van der Waals surface area contributed by atoms with Crippen LogP contribution in [0.3, 0.4) is 0 Å². The lowest BCUT2D eigenvalue weighted by Gasteiger charge is -2.21. The Morgan fingerprint density at radius 1 is 1.15 bits per heavy atom. The number of ether oxygens (including phenoxy) is 3. The number of hydrogen-bond donors (Lipinski definition) is 1. The van der Waals surface area contributed by atoms with E-state index in [9.17, 15) is 4.79 Å². The van der Waals surface area contributed by atoms with Crippen LogP contribution in [0.5, 0.6) is 0 Å². The van der Waals surface area contributed by atoms with E-state index < -0.39 is 0 Å². The maximum Gasteiger partial charge on any atom is 0.232 e. The molecule has 9 nitrogen and oxygen atoms in total. The van der Waals surface area contributed by atoms with Crippen LogP contribution in [-0.4, -0.2) is 57.0 Å². The van der Waals surface area contributed by atoms with Crippen molar-refractivity contribution in [2.75, 3.05) is 18.5 Å². The average molecular weight is 400 g/mol. The van der Waals surface area contributed by atoms with E-state index in [-0.39, 0.29) is 42.1 Å². The maximum absolute atomic E-state index is 11.2. The van der Waals surface area contributed by atoms with Gasteiger partial charge in [0, 0.05) is 6.92 Å². The first-order valence-electron chi connectivity index (χ1n) is 8.77. The minimum atomic E-state index is -0.288. The van der Waals surface area contributed by atoms with Gasteiger partial charge in [-0.05, 0) is 27.7 Å². The zero-order valence-electron chi connectivity index (χ0n) is 16.2. The van der Waals surface area contributed by atoms with Crippen molar-refractivity contribution in [2.24, 2.45) is 0 Å². The van der Waals surface area contributed by atoms with Gasteiger partial charge in [-0.25, -0.2) is 4.98 Å². The zero-order valence-corrected chi connectivity index (χ0v) is 17.0. The highest BCUT2D eigenvalue weighted by molar-refractivity contribution is 6.33. The smallest absolute Gasteiger partial charge is 0.232 e. The fourth-order valence-electron chi connectivity index (χ4n) is 2.15. The van der Waals surface area contributed by atoms with E-state index in [4.69, 9.17) is 25.8 Å². The Labute approximate surface area is 163 Å². The Morgan fingerprint density at radius 3 is 2.33 bits per heavy atom. The lowest BCUT2D eigenvalue weighted by atomic mass is 10.3. The Morgan fingerprint density at radius 2 is 1.78 bits per heavy atom. The van der Waals surface area contributed by atoms with Crippen LogP contribution in [0.25, 0.3) is 11.2 Å². The first-order chi connectivity index (χ1) is 12.8. The van der Waals surface area contributed by atoms with E-state index in [1.807, 2.05) is 27.7 Å². The number of hydrogen-bond acceptors (Lipinski definition) is 7. The Bertz CT molecular complexity index is 753. The lowest BCUT2D eigenvalue weighted by Crippen LogP contribution is -2.29. The van der Waals surface area contributed by atoms with Crippen LogP contribution in [0.15, 0.2) is 6.33 Å². The van der Waals surface area contributed by atoms with Gasteiger partial charge in [-0.15, -0.1) is 0 Å². The van der Waals surface area contributed by atoms with Crippen LogP contribution in [0.2, 0.25) is 5.15 Å². The number of imidazole rings is 1. The molecule has 0 unspecified atom stereocenters. The Hall–Kier alpha value is -1.81. The van der Waals surface area contributed by atoms with Gasteiger partial charge in [-0.3, -0.25) is 14.7 Å². The number of carbonyl (C=O) groups excluding carboxylic acids is 1. The molecule has 10 heteroatoms. The summed E-state index contributed by atoms with van der Waals surface area (Å²) < 4.78 is 18.9. The second kappa shape index (κ2) is 9.93. The molecule has 0 saturated carbocycles. The van der Waals surface area contributed by atoms with Crippen LogP contribution in [0.4, 0.5) is 5.95 Å². The summed E-state index contributed by atoms with van der Waals surface area (Å²) in [5.74, 6) is -0.172. The summed E-state index contributed by atoms with van der Waals surface area (Å²) in [7, 11) is 0. The van der Waals surface area contributed by atoms with E-state index in [2.05, 4.69) is 20.3 Å².